The minimum absolute atomic E-state index is 0.116. The van der Waals surface area contributed by atoms with E-state index in [0.717, 1.165) is 10.5 Å². The summed E-state index contributed by atoms with van der Waals surface area (Å²) in [6.07, 6.45) is -0.149. The molecule has 0 aliphatic heterocycles. The molecule has 2 aromatic carbocycles. The van der Waals surface area contributed by atoms with E-state index in [-0.39, 0.29) is 11.1 Å². The van der Waals surface area contributed by atoms with Gasteiger partial charge in [0.05, 0.1) is 22.7 Å². The zero-order chi connectivity index (χ0) is 18.7. The average molecular weight is 375 g/mol. The molecule has 2 nitrogen and oxygen atoms in total. The Kier molecular flexibility index (Phi) is 6.41. The van der Waals surface area contributed by atoms with Gasteiger partial charge < -0.3 is 4.43 Å². The van der Waals surface area contributed by atoms with Gasteiger partial charge in [-0.3, -0.25) is 4.21 Å². The van der Waals surface area contributed by atoms with Gasteiger partial charge in [0.15, 0.2) is 8.32 Å². The molecule has 0 aliphatic carbocycles. The summed E-state index contributed by atoms with van der Waals surface area (Å²) in [5, 5.41) is 0.116. The van der Waals surface area contributed by atoms with Gasteiger partial charge in [-0.15, -0.1) is 0 Å². The summed E-state index contributed by atoms with van der Waals surface area (Å²) in [5.74, 6) is 0.486. The van der Waals surface area contributed by atoms with Gasteiger partial charge in [-0.25, -0.2) is 0 Å². The molecule has 0 aromatic heterocycles. The van der Waals surface area contributed by atoms with Crippen molar-refractivity contribution in [3.8, 4) is 0 Å². The largest absolute Gasteiger partial charge is 0.409 e. The van der Waals surface area contributed by atoms with E-state index >= 15 is 0 Å². The van der Waals surface area contributed by atoms with E-state index in [4.69, 9.17) is 4.43 Å². The lowest BCUT2D eigenvalue weighted by Gasteiger charge is -2.39. The highest BCUT2D eigenvalue weighted by Crippen LogP contribution is 2.40. The van der Waals surface area contributed by atoms with Crippen molar-refractivity contribution in [3.05, 3.63) is 65.7 Å². The van der Waals surface area contributed by atoms with Crippen LogP contribution in [0.1, 0.15) is 38.0 Å². The second-order valence-electron chi connectivity index (χ2n) is 8.10. The quantitative estimate of drug-likeness (QED) is 0.591. The molecule has 0 aliphatic rings. The third-order valence-corrected chi connectivity index (χ3v) is 10.9. The maximum absolute atomic E-state index is 12.9. The summed E-state index contributed by atoms with van der Waals surface area (Å²) in [6, 6.07) is 18.1. The fourth-order valence-corrected chi connectivity index (χ4v) is 4.89. The molecular formula is C21H30O2SSi. The van der Waals surface area contributed by atoms with E-state index in [1.54, 1.807) is 0 Å². The average Bonchev–Trinajstić information content (AvgIpc) is 2.54. The summed E-state index contributed by atoms with van der Waals surface area (Å²) >= 11 is 0. The van der Waals surface area contributed by atoms with Gasteiger partial charge in [0.1, 0.15) is 0 Å². The van der Waals surface area contributed by atoms with E-state index in [9.17, 15) is 4.21 Å². The Labute approximate surface area is 156 Å². The molecule has 0 spiro atoms. The highest BCUT2D eigenvalue weighted by atomic mass is 32.2. The van der Waals surface area contributed by atoms with Crippen molar-refractivity contribution in [1.29, 1.82) is 0 Å². The number of hydrogen-bond acceptors (Lipinski definition) is 2. The molecule has 2 unspecified atom stereocenters. The molecule has 0 N–H and O–H groups in total. The smallest absolute Gasteiger partial charge is 0.192 e. The van der Waals surface area contributed by atoms with Crippen LogP contribution < -0.4 is 0 Å². The summed E-state index contributed by atoms with van der Waals surface area (Å²) in [6.45, 7) is 13.2. The van der Waals surface area contributed by atoms with Gasteiger partial charge >= 0.3 is 0 Å². The Bertz CT molecular complexity index is 703. The van der Waals surface area contributed by atoms with E-state index in [0.29, 0.717) is 5.75 Å². The van der Waals surface area contributed by atoms with Crippen LogP contribution in [-0.2, 0) is 15.2 Å². The van der Waals surface area contributed by atoms with Crippen LogP contribution in [-0.4, -0.2) is 18.3 Å². The maximum Gasteiger partial charge on any atom is 0.192 e. The van der Waals surface area contributed by atoms with E-state index in [1.165, 1.54) is 5.56 Å². The predicted octanol–water partition coefficient (Wildman–Crippen LogP) is 5.87. The molecule has 25 heavy (non-hydrogen) atoms. The Morgan fingerprint density at radius 1 is 1.00 bits per heavy atom. The molecule has 136 valence electrons. The van der Waals surface area contributed by atoms with Crippen LogP contribution in [0.3, 0.4) is 0 Å². The van der Waals surface area contributed by atoms with Crippen molar-refractivity contribution in [3.63, 3.8) is 0 Å². The Hall–Kier alpha value is -1.23. The Morgan fingerprint density at radius 2 is 1.56 bits per heavy atom. The molecule has 2 aromatic rings. The molecule has 4 heteroatoms. The number of hydrogen-bond donors (Lipinski definition) is 0. The van der Waals surface area contributed by atoms with Gasteiger partial charge in [-0.1, -0.05) is 68.8 Å². The van der Waals surface area contributed by atoms with Crippen molar-refractivity contribution in [1.82, 2.24) is 0 Å². The summed E-state index contributed by atoms with van der Waals surface area (Å²) in [4.78, 5) is 0.866. The molecule has 0 bridgehead atoms. The second-order valence-corrected chi connectivity index (χ2v) is 14.4. The maximum atomic E-state index is 12.9. The first-order valence-corrected chi connectivity index (χ1v) is 13.0. The number of rotatable bonds is 6. The number of benzene rings is 2. The lowest BCUT2D eigenvalue weighted by Crippen LogP contribution is -2.42. The van der Waals surface area contributed by atoms with E-state index < -0.39 is 19.1 Å². The van der Waals surface area contributed by atoms with Crippen molar-refractivity contribution in [2.75, 3.05) is 5.75 Å². The predicted molar refractivity (Wildman–Crippen MR) is 110 cm³/mol. The first kappa shape index (κ1) is 20.1. The Balaban J connectivity index is 2.26. The zero-order valence-electron chi connectivity index (χ0n) is 16.2. The van der Waals surface area contributed by atoms with Crippen molar-refractivity contribution >= 4 is 19.1 Å². The van der Waals surface area contributed by atoms with Crippen molar-refractivity contribution in [2.24, 2.45) is 0 Å². The molecule has 0 saturated heterocycles. The van der Waals surface area contributed by atoms with Crippen LogP contribution in [0.2, 0.25) is 18.1 Å². The zero-order valence-corrected chi connectivity index (χ0v) is 18.0. The molecule has 2 atom stereocenters. The second kappa shape index (κ2) is 7.98. The molecular weight excluding hydrogens is 344 g/mol. The fraction of sp³-hybridized carbons (Fsp3) is 0.429. The van der Waals surface area contributed by atoms with Crippen LogP contribution in [0.15, 0.2) is 59.5 Å². The first-order valence-electron chi connectivity index (χ1n) is 8.78. The van der Waals surface area contributed by atoms with E-state index in [1.807, 2.05) is 49.4 Å². The fourth-order valence-electron chi connectivity index (χ4n) is 2.32. The van der Waals surface area contributed by atoms with Crippen LogP contribution >= 0.6 is 0 Å². The summed E-state index contributed by atoms with van der Waals surface area (Å²) < 4.78 is 19.6. The molecule has 0 saturated carbocycles. The molecule has 0 radical (unpaired) electrons. The lowest BCUT2D eigenvalue weighted by atomic mass is 10.1. The third kappa shape index (κ3) is 5.37. The Morgan fingerprint density at radius 3 is 2.08 bits per heavy atom. The molecule has 0 heterocycles. The van der Waals surface area contributed by atoms with Crippen LogP contribution in [0.4, 0.5) is 0 Å². The SMILES string of the molecule is Cc1ccc(S(=O)CC(O[Si](C)(C)C(C)(C)C)c2ccccc2)cc1. The topological polar surface area (TPSA) is 26.3 Å². The van der Waals surface area contributed by atoms with Gasteiger partial charge in [0.2, 0.25) is 0 Å². The molecule has 0 fully saturated rings. The standard InChI is InChI=1S/C21H30O2SSi/c1-17-12-14-19(15-13-17)24(22)16-20(18-10-8-7-9-11-18)23-25(5,6)21(2,3)4/h7-15,20H,16H2,1-6H3. The van der Waals surface area contributed by atoms with Gasteiger partial charge in [-0.2, -0.15) is 0 Å². The molecule has 0 amide bonds. The van der Waals surface area contributed by atoms with Gasteiger partial charge in [0.25, 0.3) is 0 Å². The monoisotopic (exact) mass is 374 g/mol. The van der Waals surface area contributed by atoms with Gasteiger partial charge in [-0.05, 0) is 42.8 Å². The minimum atomic E-state index is -1.96. The van der Waals surface area contributed by atoms with Crippen molar-refractivity contribution in [2.45, 2.75) is 56.8 Å². The van der Waals surface area contributed by atoms with E-state index in [2.05, 4.69) is 46.0 Å². The first-order chi connectivity index (χ1) is 11.6. The summed E-state index contributed by atoms with van der Waals surface area (Å²) in [5.41, 5.74) is 2.28. The van der Waals surface area contributed by atoms with Gasteiger partial charge in [0, 0.05) is 4.90 Å². The lowest BCUT2D eigenvalue weighted by molar-refractivity contribution is 0.206. The molecule has 2 rings (SSSR count). The highest BCUT2D eigenvalue weighted by molar-refractivity contribution is 7.85. The normalized spacial score (nSPS) is 15.0. The highest BCUT2D eigenvalue weighted by Gasteiger charge is 2.39. The van der Waals surface area contributed by atoms with Crippen LogP contribution in [0.5, 0.6) is 0 Å². The minimum Gasteiger partial charge on any atom is -0.409 e. The third-order valence-electron chi connectivity index (χ3n) is 5.00. The van der Waals surface area contributed by atoms with Crippen molar-refractivity contribution < 1.29 is 8.63 Å². The van der Waals surface area contributed by atoms with Crippen LogP contribution in [0.25, 0.3) is 0 Å². The summed E-state index contributed by atoms with van der Waals surface area (Å²) in [7, 11) is -3.05. The van der Waals surface area contributed by atoms with Crippen LogP contribution in [0, 0.1) is 6.92 Å². The number of aryl methyl sites for hydroxylation is 1.